The molecule has 0 aromatic heterocycles. The number of rotatable bonds is 3. The summed E-state index contributed by atoms with van der Waals surface area (Å²) in [7, 11) is 1.74. The highest BCUT2D eigenvalue weighted by Gasteiger charge is 2.11. The van der Waals surface area contributed by atoms with E-state index in [0.717, 1.165) is 0 Å². The summed E-state index contributed by atoms with van der Waals surface area (Å²) in [4.78, 5) is 13.0. The summed E-state index contributed by atoms with van der Waals surface area (Å²) in [5.74, 6) is -0.0208. The Balaban J connectivity index is 3.93. The molecule has 0 aromatic carbocycles. The van der Waals surface area contributed by atoms with Gasteiger partial charge in [-0.05, 0) is 13.8 Å². The molecule has 0 saturated heterocycles. The fourth-order valence-electron chi connectivity index (χ4n) is 0.562. The molecule has 0 atom stereocenters. The van der Waals surface area contributed by atoms with Crippen molar-refractivity contribution >= 4 is 23.1 Å². The van der Waals surface area contributed by atoms with Crippen molar-refractivity contribution in [2.75, 3.05) is 7.05 Å². The highest BCUT2D eigenvalue weighted by molar-refractivity contribution is 7.80. The lowest BCUT2D eigenvalue weighted by Crippen LogP contribution is -2.35. The maximum atomic E-state index is 11.2. The van der Waals surface area contributed by atoms with Crippen LogP contribution in [0.15, 0.2) is 0 Å². The summed E-state index contributed by atoms with van der Waals surface area (Å²) >= 11 is 4.61. The SMILES string of the molecule is CC(C)N(C)C(=O)CC(N)=S. The van der Waals surface area contributed by atoms with E-state index in [-0.39, 0.29) is 23.4 Å². The largest absolute Gasteiger partial charge is 0.393 e. The van der Waals surface area contributed by atoms with Crippen LogP contribution in [0, 0.1) is 0 Å². The number of thiocarbonyl (C=S) groups is 1. The molecule has 0 aliphatic carbocycles. The van der Waals surface area contributed by atoms with Crippen LogP contribution in [0.3, 0.4) is 0 Å². The van der Waals surface area contributed by atoms with Crippen molar-refractivity contribution in [3.63, 3.8) is 0 Å². The van der Waals surface area contributed by atoms with E-state index in [0.29, 0.717) is 0 Å². The van der Waals surface area contributed by atoms with Crippen molar-refractivity contribution < 1.29 is 4.79 Å². The highest BCUT2D eigenvalue weighted by atomic mass is 32.1. The standard InChI is InChI=1S/C7H14N2OS/c1-5(2)9(3)7(10)4-6(8)11/h5H,4H2,1-3H3,(H2,8,11). The first-order chi connectivity index (χ1) is 4.95. The van der Waals surface area contributed by atoms with E-state index in [1.807, 2.05) is 13.8 Å². The van der Waals surface area contributed by atoms with Gasteiger partial charge in [-0.2, -0.15) is 0 Å². The molecule has 2 N–H and O–H groups in total. The molecule has 0 aliphatic rings. The molecule has 64 valence electrons. The minimum Gasteiger partial charge on any atom is -0.393 e. The number of nitrogens with two attached hydrogens (primary N) is 1. The van der Waals surface area contributed by atoms with Gasteiger partial charge in [0.2, 0.25) is 5.91 Å². The van der Waals surface area contributed by atoms with Crippen LogP contribution >= 0.6 is 12.2 Å². The van der Waals surface area contributed by atoms with Crippen LogP contribution in [0.2, 0.25) is 0 Å². The van der Waals surface area contributed by atoms with Crippen LogP contribution < -0.4 is 5.73 Å². The van der Waals surface area contributed by atoms with Crippen molar-refractivity contribution in [2.45, 2.75) is 26.3 Å². The Hall–Kier alpha value is -0.640. The summed E-state index contributed by atoms with van der Waals surface area (Å²) < 4.78 is 0. The monoisotopic (exact) mass is 174 g/mol. The van der Waals surface area contributed by atoms with Crippen molar-refractivity contribution in [2.24, 2.45) is 5.73 Å². The van der Waals surface area contributed by atoms with E-state index in [9.17, 15) is 4.79 Å². The van der Waals surface area contributed by atoms with Crippen LogP contribution in [-0.2, 0) is 4.79 Å². The third kappa shape index (κ3) is 3.93. The Labute approximate surface area is 72.5 Å². The molecule has 0 bridgehead atoms. The zero-order chi connectivity index (χ0) is 9.02. The number of hydrogen-bond acceptors (Lipinski definition) is 2. The Morgan fingerprint density at radius 1 is 1.64 bits per heavy atom. The molecule has 1 amide bonds. The van der Waals surface area contributed by atoms with Crippen LogP contribution in [-0.4, -0.2) is 28.9 Å². The molecule has 0 saturated carbocycles. The Kier molecular flexibility index (Phi) is 4.03. The predicted molar refractivity (Wildman–Crippen MR) is 49.3 cm³/mol. The Morgan fingerprint density at radius 3 is 2.36 bits per heavy atom. The second kappa shape index (κ2) is 4.28. The first-order valence-electron chi connectivity index (χ1n) is 3.49. The molecule has 0 aromatic rings. The van der Waals surface area contributed by atoms with Gasteiger partial charge in [0.05, 0.1) is 11.4 Å². The summed E-state index contributed by atoms with van der Waals surface area (Å²) in [6, 6.07) is 0.205. The molecule has 0 fully saturated rings. The average molecular weight is 174 g/mol. The molecule has 3 nitrogen and oxygen atoms in total. The lowest BCUT2D eigenvalue weighted by molar-refractivity contribution is -0.130. The average Bonchev–Trinajstić information content (AvgIpc) is 1.84. The quantitative estimate of drug-likeness (QED) is 0.635. The topological polar surface area (TPSA) is 46.3 Å². The minimum absolute atomic E-state index is 0.0208. The fraction of sp³-hybridized carbons (Fsp3) is 0.714. The predicted octanol–water partition coefficient (Wildman–Crippen LogP) is 0.529. The van der Waals surface area contributed by atoms with E-state index < -0.39 is 0 Å². The van der Waals surface area contributed by atoms with Gasteiger partial charge in [0.25, 0.3) is 0 Å². The van der Waals surface area contributed by atoms with Gasteiger partial charge in [0.1, 0.15) is 0 Å². The summed E-state index contributed by atoms with van der Waals surface area (Å²) in [6.07, 6.45) is 0.171. The second-order valence-corrected chi connectivity index (χ2v) is 3.27. The van der Waals surface area contributed by atoms with E-state index >= 15 is 0 Å². The van der Waals surface area contributed by atoms with Gasteiger partial charge in [-0.1, -0.05) is 12.2 Å². The molecule has 4 heteroatoms. The third-order valence-electron chi connectivity index (χ3n) is 1.49. The van der Waals surface area contributed by atoms with Gasteiger partial charge in [-0.15, -0.1) is 0 Å². The normalized spacial score (nSPS) is 9.82. The van der Waals surface area contributed by atoms with Gasteiger partial charge in [-0.3, -0.25) is 4.79 Å². The maximum Gasteiger partial charge on any atom is 0.229 e. The third-order valence-corrected chi connectivity index (χ3v) is 1.64. The van der Waals surface area contributed by atoms with Gasteiger partial charge in [0.15, 0.2) is 0 Å². The highest BCUT2D eigenvalue weighted by Crippen LogP contribution is 1.97. The smallest absolute Gasteiger partial charge is 0.229 e. The maximum absolute atomic E-state index is 11.2. The van der Waals surface area contributed by atoms with Crippen LogP contribution in [0.25, 0.3) is 0 Å². The molecule has 0 unspecified atom stereocenters. The minimum atomic E-state index is -0.0208. The number of carbonyl (C=O) groups excluding carboxylic acids is 1. The van der Waals surface area contributed by atoms with Crippen molar-refractivity contribution in [3.05, 3.63) is 0 Å². The van der Waals surface area contributed by atoms with Crippen LogP contribution in [0.4, 0.5) is 0 Å². The van der Waals surface area contributed by atoms with Gasteiger partial charge < -0.3 is 10.6 Å². The first-order valence-corrected chi connectivity index (χ1v) is 3.90. The molecule has 0 rings (SSSR count). The zero-order valence-corrected chi connectivity index (χ0v) is 7.94. The summed E-state index contributed by atoms with van der Waals surface area (Å²) in [6.45, 7) is 3.88. The molecule has 0 aliphatic heterocycles. The number of hydrogen-bond donors (Lipinski definition) is 1. The molecule has 0 heterocycles. The van der Waals surface area contributed by atoms with Crippen LogP contribution in [0.1, 0.15) is 20.3 Å². The molecule has 11 heavy (non-hydrogen) atoms. The number of amides is 1. The van der Waals surface area contributed by atoms with Crippen LogP contribution in [0.5, 0.6) is 0 Å². The number of carbonyl (C=O) groups is 1. The summed E-state index contributed by atoms with van der Waals surface area (Å²) in [5, 5.41) is 0. The van der Waals surface area contributed by atoms with Gasteiger partial charge in [0, 0.05) is 13.1 Å². The van der Waals surface area contributed by atoms with E-state index in [1.54, 1.807) is 11.9 Å². The van der Waals surface area contributed by atoms with Crippen molar-refractivity contribution in [3.8, 4) is 0 Å². The summed E-state index contributed by atoms with van der Waals surface area (Å²) in [5.41, 5.74) is 5.22. The Morgan fingerprint density at radius 2 is 2.09 bits per heavy atom. The van der Waals surface area contributed by atoms with Crippen molar-refractivity contribution in [1.29, 1.82) is 0 Å². The van der Waals surface area contributed by atoms with Crippen molar-refractivity contribution in [1.82, 2.24) is 4.90 Å². The second-order valence-electron chi connectivity index (χ2n) is 2.74. The van der Waals surface area contributed by atoms with E-state index in [2.05, 4.69) is 12.2 Å². The Bertz CT molecular complexity index is 168. The molecular weight excluding hydrogens is 160 g/mol. The first kappa shape index (κ1) is 10.4. The zero-order valence-electron chi connectivity index (χ0n) is 7.13. The van der Waals surface area contributed by atoms with E-state index in [1.165, 1.54) is 0 Å². The number of nitrogens with zero attached hydrogens (tertiary/aromatic N) is 1. The molecule has 0 spiro atoms. The molecule has 0 radical (unpaired) electrons. The van der Waals surface area contributed by atoms with Gasteiger partial charge >= 0.3 is 0 Å². The lowest BCUT2D eigenvalue weighted by Gasteiger charge is -2.20. The van der Waals surface area contributed by atoms with E-state index in [4.69, 9.17) is 5.73 Å². The fourth-order valence-corrected chi connectivity index (χ4v) is 0.685. The molecular formula is C7H14N2OS. The lowest BCUT2D eigenvalue weighted by atomic mass is 10.3. The van der Waals surface area contributed by atoms with Gasteiger partial charge in [-0.25, -0.2) is 0 Å².